The standard InChI is InChI=1S/C15H26N2O/c1-13(9-10-17(2)3)16-11-14-5-7-15(8-6-14)12-18-4/h5-8,13,16H,9-12H2,1-4H3. The van der Waals surface area contributed by atoms with E-state index < -0.39 is 0 Å². The molecule has 1 rings (SSSR count). The van der Waals surface area contributed by atoms with Crippen molar-refractivity contribution in [1.29, 1.82) is 0 Å². The third-order valence-electron chi connectivity index (χ3n) is 3.00. The van der Waals surface area contributed by atoms with Crippen molar-refractivity contribution in [2.24, 2.45) is 0 Å². The Balaban J connectivity index is 2.29. The molecule has 0 amide bonds. The first kappa shape index (κ1) is 15.2. The normalized spacial score (nSPS) is 12.9. The zero-order valence-corrected chi connectivity index (χ0v) is 12.1. The number of benzene rings is 1. The van der Waals surface area contributed by atoms with E-state index in [0.717, 1.165) is 13.1 Å². The molecule has 0 bridgehead atoms. The number of nitrogens with one attached hydrogen (secondary N) is 1. The Kier molecular flexibility index (Phi) is 6.94. The van der Waals surface area contributed by atoms with Gasteiger partial charge in [-0.3, -0.25) is 0 Å². The van der Waals surface area contributed by atoms with Crippen LogP contribution in [0.2, 0.25) is 0 Å². The van der Waals surface area contributed by atoms with Crippen molar-refractivity contribution in [3.8, 4) is 0 Å². The third-order valence-corrected chi connectivity index (χ3v) is 3.00. The fourth-order valence-electron chi connectivity index (χ4n) is 1.77. The van der Waals surface area contributed by atoms with Gasteiger partial charge in [-0.1, -0.05) is 24.3 Å². The van der Waals surface area contributed by atoms with Crippen LogP contribution in [0.15, 0.2) is 24.3 Å². The van der Waals surface area contributed by atoms with Gasteiger partial charge in [0.25, 0.3) is 0 Å². The number of methoxy groups -OCH3 is 1. The highest BCUT2D eigenvalue weighted by atomic mass is 16.5. The van der Waals surface area contributed by atoms with Crippen LogP contribution in [0.4, 0.5) is 0 Å². The number of ether oxygens (including phenoxy) is 1. The highest BCUT2D eigenvalue weighted by Crippen LogP contribution is 2.06. The Morgan fingerprint density at radius 3 is 2.33 bits per heavy atom. The van der Waals surface area contributed by atoms with Crippen LogP contribution in [0, 0.1) is 0 Å². The van der Waals surface area contributed by atoms with Gasteiger partial charge in [0.2, 0.25) is 0 Å². The van der Waals surface area contributed by atoms with Crippen LogP contribution < -0.4 is 5.32 Å². The molecular formula is C15H26N2O. The zero-order valence-electron chi connectivity index (χ0n) is 12.1. The van der Waals surface area contributed by atoms with Gasteiger partial charge in [0.15, 0.2) is 0 Å². The first-order valence-corrected chi connectivity index (χ1v) is 6.56. The fourth-order valence-corrected chi connectivity index (χ4v) is 1.77. The molecule has 1 aromatic rings. The molecule has 0 saturated carbocycles. The highest BCUT2D eigenvalue weighted by Gasteiger charge is 2.02. The summed E-state index contributed by atoms with van der Waals surface area (Å²) in [5.74, 6) is 0. The van der Waals surface area contributed by atoms with Crippen molar-refractivity contribution >= 4 is 0 Å². The van der Waals surface area contributed by atoms with Gasteiger partial charge >= 0.3 is 0 Å². The Labute approximate surface area is 111 Å². The Bertz CT molecular complexity index is 322. The summed E-state index contributed by atoms with van der Waals surface area (Å²) in [7, 11) is 5.95. The third kappa shape index (κ3) is 6.15. The van der Waals surface area contributed by atoms with E-state index in [0.29, 0.717) is 12.6 Å². The summed E-state index contributed by atoms with van der Waals surface area (Å²) in [5, 5.41) is 3.55. The van der Waals surface area contributed by atoms with Crippen molar-refractivity contribution < 1.29 is 4.74 Å². The monoisotopic (exact) mass is 250 g/mol. The van der Waals surface area contributed by atoms with Gasteiger partial charge in [-0.25, -0.2) is 0 Å². The molecule has 1 unspecified atom stereocenters. The molecule has 1 atom stereocenters. The summed E-state index contributed by atoms with van der Waals surface area (Å²) >= 11 is 0. The van der Waals surface area contributed by atoms with Crippen molar-refractivity contribution in [3.63, 3.8) is 0 Å². The summed E-state index contributed by atoms with van der Waals surface area (Å²) in [6.45, 7) is 4.98. The molecule has 18 heavy (non-hydrogen) atoms. The largest absolute Gasteiger partial charge is 0.380 e. The van der Waals surface area contributed by atoms with Crippen LogP contribution in [-0.4, -0.2) is 38.7 Å². The van der Waals surface area contributed by atoms with E-state index in [1.165, 1.54) is 17.5 Å². The van der Waals surface area contributed by atoms with E-state index in [1.54, 1.807) is 7.11 Å². The topological polar surface area (TPSA) is 24.5 Å². The molecule has 0 fully saturated rings. The summed E-state index contributed by atoms with van der Waals surface area (Å²) in [5.41, 5.74) is 2.55. The summed E-state index contributed by atoms with van der Waals surface area (Å²) < 4.78 is 5.10. The second-order valence-electron chi connectivity index (χ2n) is 5.12. The van der Waals surface area contributed by atoms with E-state index >= 15 is 0 Å². The molecule has 3 nitrogen and oxygen atoms in total. The molecule has 0 aliphatic heterocycles. The SMILES string of the molecule is COCc1ccc(CNC(C)CCN(C)C)cc1. The minimum atomic E-state index is 0.547. The molecule has 0 saturated heterocycles. The lowest BCUT2D eigenvalue weighted by molar-refractivity contribution is 0.185. The maximum atomic E-state index is 5.10. The lowest BCUT2D eigenvalue weighted by Gasteiger charge is -2.16. The van der Waals surface area contributed by atoms with Gasteiger partial charge in [-0.05, 0) is 45.1 Å². The van der Waals surface area contributed by atoms with Gasteiger partial charge in [0, 0.05) is 19.7 Å². The molecule has 1 aromatic carbocycles. The molecular weight excluding hydrogens is 224 g/mol. The molecule has 0 radical (unpaired) electrons. The molecule has 0 aromatic heterocycles. The average Bonchev–Trinajstić information content (AvgIpc) is 2.36. The Morgan fingerprint density at radius 2 is 1.78 bits per heavy atom. The van der Waals surface area contributed by atoms with Crippen molar-refractivity contribution in [2.45, 2.75) is 32.5 Å². The lowest BCUT2D eigenvalue weighted by Crippen LogP contribution is -2.29. The molecule has 1 N–H and O–H groups in total. The van der Waals surface area contributed by atoms with E-state index in [-0.39, 0.29) is 0 Å². The average molecular weight is 250 g/mol. The number of nitrogens with zero attached hydrogens (tertiary/aromatic N) is 1. The van der Waals surface area contributed by atoms with E-state index in [1.807, 2.05) is 0 Å². The van der Waals surface area contributed by atoms with Gasteiger partial charge < -0.3 is 15.0 Å². The fraction of sp³-hybridized carbons (Fsp3) is 0.600. The Morgan fingerprint density at radius 1 is 1.17 bits per heavy atom. The van der Waals surface area contributed by atoms with E-state index in [4.69, 9.17) is 4.74 Å². The maximum absolute atomic E-state index is 5.10. The van der Waals surface area contributed by atoms with Crippen LogP contribution in [-0.2, 0) is 17.9 Å². The van der Waals surface area contributed by atoms with Crippen LogP contribution in [0.5, 0.6) is 0 Å². The second-order valence-corrected chi connectivity index (χ2v) is 5.12. The maximum Gasteiger partial charge on any atom is 0.0713 e. The number of rotatable bonds is 8. The van der Waals surface area contributed by atoms with Crippen LogP contribution in [0.25, 0.3) is 0 Å². The minimum Gasteiger partial charge on any atom is -0.380 e. The molecule has 0 heterocycles. The van der Waals surface area contributed by atoms with Gasteiger partial charge in [-0.15, -0.1) is 0 Å². The van der Waals surface area contributed by atoms with Crippen molar-refractivity contribution in [3.05, 3.63) is 35.4 Å². The van der Waals surface area contributed by atoms with Crippen LogP contribution in [0.1, 0.15) is 24.5 Å². The summed E-state index contributed by atoms with van der Waals surface area (Å²) in [4.78, 5) is 2.22. The van der Waals surface area contributed by atoms with E-state index in [2.05, 4.69) is 55.5 Å². The number of hydrogen-bond acceptors (Lipinski definition) is 3. The first-order valence-electron chi connectivity index (χ1n) is 6.56. The Hall–Kier alpha value is -0.900. The van der Waals surface area contributed by atoms with Crippen LogP contribution in [0.3, 0.4) is 0 Å². The lowest BCUT2D eigenvalue weighted by atomic mass is 10.1. The van der Waals surface area contributed by atoms with E-state index in [9.17, 15) is 0 Å². The molecule has 3 heteroatoms. The summed E-state index contributed by atoms with van der Waals surface area (Å²) in [6, 6.07) is 9.14. The van der Waals surface area contributed by atoms with Gasteiger partial charge in [0.1, 0.15) is 0 Å². The second kappa shape index (κ2) is 8.25. The predicted molar refractivity (Wildman–Crippen MR) is 76.6 cm³/mol. The van der Waals surface area contributed by atoms with Crippen molar-refractivity contribution in [2.75, 3.05) is 27.7 Å². The zero-order chi connectivity index (χ0) is 13.4. The highest BCUT2D eigenvalue weighted by molar-refractivity contribution is 5.21. The quantitative estimate of drug-likeness (QED) is 0.766. The van der Waals surface area contributed by atoms with Gasteiger partial charge in [-0.2, -0.15) is 0 Å². The summed E-state index contributed by atoms with van der Waals surface area (Å²) in [6.07, 6.45) is 1.18. The van der Waals surface area contributed by atoms with Crippen molar-refractivity contribution in [1.82, 2.24) is 10.2 Å². The molecule has 0 spiro atoms. The smallest absolute Gasteiger partial charge is 0.0713 e. The molecule has 0 aliphatic carbocycles. The van der Waals surface area contributed by atoms with Gasteiger partial charge in [0.05, 0.1) is 6.61 Å². The molecule has 102 valence electrons. The first-order chi connectivity index (χ1) is 8.61. The number of hydrogen-bond donors (Lipinski definition) is 1. The minimum absolute atomic E-state index is 0.547. The predicted octanol–water partition coefficient (Wildman–Crippen LogP) is 2.26. The molecule has 0 aliphatic rings. The van der Waals surface area contributed by atoms with Crippen LogP contribution >= 0.6 is 0 Å².